The van der Waals surface area contributed by atoms with Crippen LogP contribution in [0.25, 0.3) is 0 Å². The fourth-order valence-corrected chi connectivity index (χ4v) is 3.01. The van der Waals surface area contributed by atoms with Crippen LogP contribution in [0.5, 0.6) is 0 Å². The maximum atomic E-state index is 12.8. The van der Waals surface area contributed by atoms with E-state index >= 15 is 0 Å². The summed E-state index contributed by atoms with van der Waals surface area (Å²) in [5.74, 6) is -2.67. The molecule has 1 unspecified atom stereocenters. The predicted molar refractivity (Wildman–Crippen MR) is 96.0 cm³/mol. The summed E-state index contributed by atoms with van der Waals surface area (Å²) in [4.78, 5) is 37.7. The van der Waals surface area contributed by atoms with Crippen molar-refractivity contribution in [3.8, 4) is 0 Å². The van der Waals surface area contributed by atoms with Gasteiger partial charge in [0.1, 0.15) is 6.61 Å². The monoisotopic (exact) mass is 381 g/mol. The number of fused-ring (bicyclic) bond motifs is 2. The summed E-state index contributed by atoms with van der Waals surface area (Å²) >= 11 is 0. The summed E-state index contributed by atoms with van der Waals surface area (Å²) in [6.45, 7) is 4.35. The van der Waals surface area contributed by atoms with Crippen molar-refractivity contribution in [2.45, 2.75) is 45.3 Å². The van der Waals surface area contributed by atoms with Crippen LogP contribution in [-0.4, -0.2) is 65.9 Å². The van der Waals surface area contributed by atoms with Gasteiger partial charge in [-0.1, -0.05) is 13.0 Å². The number of Topliss-reactive ketones (excluding diaryl/α,β-unsaturated/α-hetero) is 1. The van der Waals surface area contributed by atoms with Crippen LogP contribution >= 0.6 is 0 Å². The molecule has 0 amide bonds. The molecule has 4 atom stereocenters. The number of aliphatic hydroxyl groups is 1. The Morgan fingerprint density at radius 1 is 1.37 bits per heavy atom. The van der Waals surface area contributed by atoms with Gasteiger partial charge in [-0.3, -0.25) is 4.79 Å². The van der Waals surface area contributed by atoms with Crippen LogP contribution in [0.4, 0.5) is 0 Å². The number of nitrogens with zero attached hydrogens (tertiary/aromatic N) is 1. The van der Waals surface area contributed by atoms with Gasteiger partial charge in [0, 0.05) is 17.6 Å². The summed E-state index contributed by atoms with van der Waals surface area (Å²) in [7, 11) is 1.46. The zero-order valence-electron chi connectivity index (χ0n) is 16.2. The lowest BCUT2D eigenvalue weighted by Gasteiger charge is -2.40. The molecule has 0 aliphatic carbocycles. The molecule has 2 heterocycles. The van der Waals surface area contributed by atoms with Crippen molar-refractivity contribution in [1.82, 2.24) is 0 Å². The number of hydroxylamine groups is 3. The molecule has 0 aromatic rings. The molecular formula is C19H27NO7. The molecule has 0 radical (unpaired) electrons. The lowest BCUT2D eigenvalue weighted by molar-refractivity contribution is -0.855. The molecule has 2 rings (SSSR count). The van der Waals surface area contributed by atoms with E-state index in [1.54, 1.807) is 13.8 Å². The minimum absolute atomic E-state index is 0.0339. The molecule has 1 saturated heterocycles. The van der Waals surface area contributed by atoms with Gasteiger partial charge in [0.05, 0.1) is 20.1 Å². The average Bonchev–Trinajstić information content (AvgIpc) is 2.60. The molecule has 0 spiro atoms. The molecular weight excluding hydrogens is 354 g/mol. The Balaban J connectivity index is 2.45. The number of esters is 2. The molecule has 0 aromatic carbocycles. The Hall–Kier alpha value is -2.03. The minimum atomic E-state index is -1.85. The van der Waals surface area contributed by atoms with E-state index in [1.807, 2.05) is 0 Å². The topological polar surface area (TPSA) is 113 Å². The van der Waals surface area contributed by atoms with E-state index < -0.39 is 40.0 Å². The quantitative estimate of drug-likeness (QED) is 0.288. The highest BCUT2D eigenvalue weighted by Gasteiger charge is 2.41. The minimum Gasteiger partial charge on any atom is -0.633 e. The van der Waals surface area contributed by atoms with Crippen molar-refractivity contribution in [1.29, 1.82) is 0 Å². The fraction of sp³-hybridized carbons (Fsp3) is 0.632. The number of quaternary nitrogens is 1. The molecule has 8 heteroatoms. The average molecular weight is 381 g/mol. The Kier molecular flexibility index (Phi) is 6.24. The maximum Gasteiger partial charge on any atom is 0.338 e. The van der Waals surface area contributed by atoms with E-state index in [2.05, 4.69) is 0 Å². The maximum absolute atomic E-state index is 12.8. The van der Waals surface area contributed by atoms with Crippen molar-refractivity contribution in [3.05, 3.63) is 28.5 Å². The summed E-state index contributed by atoms with van der Waals surface area (Å²) in [5, 5.41) is 23.0. The van der Waals surface area contributed by atoms with Gasteiger partial charge >= 0.3 is 11.9 Å². The summed E-state index contributed by atoms with van der Waals surface area (Å²) < 4.78 is 9.95. The van der Waals surface area contributed by atoms with Gasteiger partial charge in [0.2, 0.25) is 5.78 Å². The third kappa shape index (κ3) is 4.82. The Labute approximate surface area is 158 Å². The van der Waals surface area contributed by atoms with Gasteiger partial charge in [0.25, 0.3) is 0 Å². The van der Waals surface area contributed by atoms with Crippen LogP contribution in [0.2, 0.25) is 0 Å². The highest BCUT2D eigenvalue weighted by molar-refractivity contribution is 6.01. The van der Waals surface area contributed by atoms with Crippen molar-refractivity contribution < 1.29 is 33.6 Å². The first-order valence-corrected chi connectivity index (χ1v) is 9.02. The molecule has 2 aliphatic heterocycles. The fourth-order valence-electron chi connectivity index (χ4n) is 3.01. The van der Waals surface area contributed by atoms with Gasteiger partial charge in [-0.25, -0.2) is 9.59 Å². The molecule has 1 N–H and O–H groups in total. The van der Waals surface area contributed by atoms with Crippen LogP contribution in [0, 0.1) is 11.1 Å². The molecule has 2 aliphatic rings. The number of ketones is 1. The number of hydrogen-bond donors (Lipinski definition) is 1. The lowest BCUT2D eigenvalue weighted by atomic mass is 9.85. The molecule has 8 nitrogen and oxygen atoms in total. The summed E-state index contributed by atoms with van der Waals surface area (Å²) in [6.07, 6.45) is 2.00. The van der Waals surface area contributed by atoms with E-state index in [4.69, 9.17) is 9.47 Å². The van der Waals surface area contributed by atoms with Crippen LogP contribution in [0.3, 0.4) is 0 Å². The van der Waals surface area contributed by atoms with Gasteiger partial charge < -0.3 is 24.4 Å². The van der Waals surface area contributed by atoms with Crippen molar-refractivity contribution in [3.63, 3.8) is 0 Å². The zero-order chi connectivity index (χ0) is 20.4. The predicted octanol–water partition coefficient (Wildman–Crippen LogP) is 1.02. The van der Waals surface area contributed by atoms with Crippen LogP contribution in [-0.2, 0) is 23.9 Å². The summed E-state index contributed by atoms with van der Waals surface area (Å²) in [5.41, 5.74) is -1.51. The van der Waals surface area contributed by atoms with Crippen molar-refractivity contribution in [2.75, 3.05) is 26.7 Å². The zero-order valence-corrected chi connectivity index (χ0v) is 16.2. The first-order chi connectivity index (χ1) is 12.5. The van der Waals surface area contributed by atoms with Crippen molar-refractivity contribution in [2.24, 2.45) is 5.92 Å². The summed E-state index contributed by atoms with van der Waals surface area (Å²) in [6, 6.07) is 0. The van der Waals surface area contributed by atoms with E-state index in [9.17, 15) is 24.7 Å². The van der Waals surface area contributed by atoms with E-state index in [0.29, 0.717) is 0 Å². The molecule has 1 fully saturated rings. The van der Waals surface area contributed by atoms with Gasteiger partial charge in [-0.2, -0.15) is 0 Å². The number of carbonyl (C=O) groups excluding carboxylic acids is 3. The largest absolute Gasteiger partial charge is 0.633 e. The van der Waals surface area contributed by atoms with E-state index in [0.717, 1.165) is 0 Å². The normalized spacial score (nSPS) is 39.9. The Morgan fingerprint density at radius 3 is 2.67 bits per heavy atom. The SMILES string of the molecule is C/C=C1/C[C@@H](C)[C@@](C)(O)C(=O)OC/C2=C/C[N+](C)([O-])CC[C@@H](OC1=O)C2=O. The Morgan fingerprint density at radius 2 is 2.04 bits per heavy atom. The first-order valence-electron chi connectivity index (χ1n) is 9.02. The molecule has 0 aromatic heterocycles. The number of carbonyl (C=O) groups is 3. The molecule has 0 saturated carbocycles. The standard InChI is InChI=1S/C19H27NO7/c1-5-13-10-12(2)19(3,24)18(23)26-11-14-6-8-20(4,25)9-7-15(16(14)21)27-17(13)22/h5-6,12,15,24H,7-11H2,1-4H3/b13-5-,14-6-/t12-,15-,19-,20?/m1/s1. The number of allylic oxidation sites excluding steroid dienone is 1. The number of cyclic esters (lactones) is 1. The van der Waals surface area contributed by atoms with Crippen LogP contribution in [0.15, 0.2) is 23.3 Å². The van der Waals surface area contributed by atoms with E-state index in [1.165, 1.54) is 26.1 Å². The second-order valence-electron chi connectivity index (χ2n) is 7.62. The molecule has 2 bridgehead atoms. The number of likely N-dealkylation sites (N-methyl/N-ethyl adjacent to an activating group) is 1. The number of ether oxygens (including phenoxy) is 2. The Bertz CT molecular complexity index is 690. The number of hydrogen-bond acceptors (Lipinski definition) is 7. The second kappa shape index (κ2) is 7.92. The van der Waals surface area contributed by atoms with Gasteiger partial charge in [0.15, 0.2) is 11.7 Å². The van der Waals surface area contributed by atoms with Gasteiger partial charge in [-0.05, 0) is 32.3 Å². The van der Waals surface area contributed by atoms with E-state index in [-0.39, 0.29) is 43.7 Å². The number of rotatable bonds is 0. The van der Waals surface area contributed by atoms with Crippen LogP contribution in [0.1, 0.15) is 33.6 Å². The molecule has 27 heavy (non-hydrogen) atoms. The van der Waals surface area contributed by atoms with Crippen LogP contribution < -0.4 is 0 Å². The van der Waals surface area contributed by atoms with Crippen molar-refractivity contribution >= 4 is 17.7 Å². The lowest BCUT2D eigenvalue weighted by Crippen LogP contribution is -2.47. The third-order valence-electron chi connectivity index (χ3n) is 5.31. The smallest absolute Gasteiger partial charge is 0.338 e. The first kappa shape index (κ1) is 21.3. The van der Waals surface area contributed by atoms with Gasteiger partial charge in [-0.15, -0.1) is 0 Å². The third-order valence-corrected chi connectivity index (χ3v) is 5.31. The highest BCUT2D eigenvalue weighted by Crippen LogP contribution is 2.28. The second-order valence-corrected chi connectivity index (χ2v) is 7.62. The highest BCUT2D eigenvalue weighted by atomic mass is 16.6. The molecule has 150 valence electrons.